The first-order chi connectivity index (χ1) is 7.61. The molecule has 86 valence electrons. The number of benzene rings is 1. The number of aryl methyl sites for hydroxylation is 1. The molecule has 16 heavy (non-hydrogen) atoms. The van der Waals surface area contributed by atoms with Crippen molar-refractivity contribution in [1.82, 2.24) is 0 Å². The third kappa shape index (κ3) is 1.48. The molecule has 0 unspecified atom stereocenters. The van der Waals surface area contributed by atoms with Crippen LogP contribution in [0.25, 0.3) is 0 Å². The Morgan fingerprint density at radius 1 is 1.19 bits per heavy atom. The van der Waals surface area contributed by atoms with Crippen LogP contribution in [0.4, 0.5) is 0 Å². The molecule has 1 N–H and O–H groups in total. The van der Waals surface area contributed by atoms with Gasteiger partial charge in [-0.1, -0.05) is 24.3 Å². The van der Waals surface area contributed by atoms with Crippen LogP contribution in [0.15, 0.2) is 24.3 Å². The van der Waals surface area contributed by atoms with Crippen molar-refractivity contribution in [3.8, 4) is 0 Å². The molecular formula is C14H18O2. The molecule has 0 spiro atoms. The van der Waals surface area contributed by atoms with Crippen molar-refractivity contribution in [1.29, 1.82) is 0 Å². The van der Waals surface area contributed by atoms with Crippen molar-refractivity contribution in [2.75, 3.05) is 0 Å². The van der Waals surface area contributed by atoms with Gasteiger partial charge in [0.1, 0.15) is 0 Å². The minimum absolute atomic E-state index is 0.292. The number of fused-ring (bicyclic) bond motifs is 4. The first-order valence-corrected chi connectivity index (χ1v) is 6.12. The topological polar surface area (TPSA) is 29.5 Å². The van der Waals surface area contributed by atoms with E-state index in [0.717, 1.165) is 32.1 Å². The first kappa shape index (κ1) is 10.3. The minimum Gasteiger partial charge on any atom is -0.365 e. The molecule has 1 aromatic carbocycles. The van der Waals surface area contributed by atoms with Crippen LogP contribution in [-0.4, -0.2) is 10.9 Å². The van der Waals surface area contributed by atoms with Gasteiger partial charge in [-0.05, 0) is 37.3 Å². The molecule has 0 radical (unpaired) electrons. The average molecular weight is 218 g/mol. The van der Waals surface area contributed by atoms with Gasteiger partial charge in [0, 0.05) is 12.8 Å². The summed E-state index contributed by atoms with van der Waals surface area (Å²) in [7, 11) is 0. The Kier molecular flexibility index (Phi) is 2.13. The van der Waals surface area contributed by atoms with E-state index < -0.39 is 5.79 Å². The Morgan fingerprint density at radius 2 is 2.00 bits per heavy atom. The summed E-state index contributed by atoms with van der Waals surface area (Å²) in [5.74, 6) is -0.897. The predicted molar refractivity (Wildman–Crippen MR) is 62.0 cm³/mol. The SMILES string of the molecule is C[C@]12CCC[C@](O)(CCc3ccccc31)O2. The molecule has 2 heteroatoms. The molecule has 2 aliphatic heterocycles. The van der Waals surface area contributed by atoms with Crippen LogP contribution in [-0.2, 0) is 16.8 Å². The monoisotopic (exact) mass is 218 g/mol. The number of rotatable bonds is 0. The summed E-state index contributed by atoms with van der Waals surface area (Å²) >= 11 is 0. The van der Waals surface area contributed by atoms with Gasteiger partial charge >= 0.3 is 0 Å². The van der Waals surface area contributed by atoms with Crippen molar-refractivity contribution in [3.63, 3.8) is 0 Å². The van der Waals surface area contributed by atoms with E-state index in [1.807, 2.05) is 0 Å². The van der Waals surface area contributed by atoms with Crippen LogP contribution in [0.1, 0.15) is 43.7 Å². The largest absolute Gasteiger partial charge is 0.365 e. The van der Waals surface area contributed by atoms with Gasteiger partial charge in [0.25, 0.3) is 0 Å². The summed E-state index contributed by atoms with van der Waals surface area (Å²) in [6.07, 6.45) is 4.46. The maximum Gasteiger partial charge on any atom is 0.166 e. The molecule has 2 aliphatic rings. The van der Waals surface area contributed by atoms with Crippen molar-refractivity contribution in [2.45, 2.75) is 50.4 Å². The van der Waals surface area contributed by atoms with E-state index in [0.29, 0.717) is 0 Å². The van der Waals surface area contributed by atoms with Crippen LogP contribution in [0.3, 0.4) is 0 Å². The molecule has 2 bridgehead atoms. The highest BCUT2D eigenvalue weighted by molar-refractivity contribution is 5.34. The third-order valence-corrected chi connectivity index (χ3v) is 4.01. The zero-order valence-corrected chi connectivity index (χ0v) is 9.70. The average Bonchev–Trinajstić information content (AvgIpc) is 2.33. The number of hydrogen-bond acceptors (Lipinski definition) is 2. The highest BCUT2D eigenvalue weighted by Gasteiger charge is 2.45. The lowest BCUT2D eigenvalue weighted by Crippen LogP contribution is -2.44. The van der Waals surface area contributed by atoms with Crippen LogP contribution >= 0.6 is 0 Å². The second-order valence-electron chi connectivity index (χ2n) is 5.29. The quantitative estimate of drug-likeness (QED) is 0.725. The maximum atomic E-state index is 10.4. The normalized spacial score (nSPS) is 37.6. The summed E-state index contributed by atoms with van der Waals surface area (Å²) in [5, 5.41) is 10.4. The Labute approximate surface area is 96.2 Å². The fourth-order valence-corrected chi connectivity index (χ4v) is 3.17. The van der Waals surface area contributed by atoms with Crippen LogP contribution in [0, 0.1) is 0 Å². The lowest BCUT2D eigenvalue weighted by atomic mass is 9.85. The third-order valence-electron chi connectivity index (χ3n) is 4.01. The molecule has 0 aromatic heterocycles. The van der Waals surface area contributed by atoms with Crippen LogP contribution in [0.5, 0.6) is 0 Å². The van der Waals surface area contributed by atoms with Gasteiger partial charge < -0.3 is 9.84 Å². The lowest BCUT2D eigenvalue weighted by molar-refractivity contribution is -0.290. The Bertz CT molecular complexity index is 415. The van der Waals surface area contributed by atoms with Crippen LogP contribution in [0.2, 0.25) is 0 Å². The summed E-state index contributed by atoms with van der Waals surface area (Å²) in [6.45, 7) is 2.11. The van der Waals surface area contributed by atoms with Crippen molar-refractivity contribution in [2.24, 2.45) is 0 Å². The molecule has 3 rings (SSSR count). The summed E-state index contributed by atoms with van der Waals surface area (Å²) < 4.78 is 6.00. The van der Waals surface area contributed by atoms with E-state index in [4.69, 9.17) is 4.74 Å². The van der Waals surface area contributed by atoms with Gasteiger partial charge in [-0.3, -0.25) is 0 Å². The number of aliphatic hydroxyl groups is 1. The van der Waals surface area contributed by atoms with Crippen molar-refractivity contribution in [3.05, 3.63) is 35.4 Å². The molecule has 1 saturated heterocycles. The zero-order chi connectivity index (χ0) is 11.2. The highest BCUT2D eigenvalue weighted by atomic mass is 16.6. The van der Waals surface area contributed by atoms with Crippen molar-refractivity contribution < 1.29 is 9.84 Å². The fourth-order valence-electron chi connectivity index (χ4n) is 3.17. The van der Waals surface area contributed by atoms with E-state index in [1.54, 1.807) is 0 Å². The van der Waals surface area contributed by atoms with Gasteiger partial charge in [-0.15, -0.1) is 0 Å². The van der Waals surface area contributed by atoms with E-state index in [2.05, 4.69) is 31.2 Å². The molecular weight excluding hydrogens is 200 g/mol. The van der Waals surface area contributed by atoms with E-state index in [9.17, 15) is 5.11 Å². The summed E-state index contributed by atoms with van der Waals surface area (Å²) in [6, 6.07) is 8.44. The lowest BCUT2D eigenvalue weighted by Gasteiger charge is -2.42. The molecule has 0 amide bonds. The Hall–Kier alpha value is -0.860. The number of ether oxygens (including phenoxy) is 1. The van der Waals surface area contributed by atoms with Gasteiger partial charge in [0.2, 0.25) is 0 Å². The summed E-state index contributed by atoms with van der Waals surface area (Å²) in [5.41, 5.74) is 2.31. The van der Waals surface area contributed by atoms with Gasteiger partial charge in [0.05, 0.1) is 5.60 Å². The molecule has 2 atom stereocenters. The van der Waals surface area contributed by atoms with Crippen LogP contribution < -0.4 is 0 Å². The zero-order valence-electron chi connectivity index (χ0n) is 9.70. The second-order valence-corrected chi connectivity index (χ2v) is 5.29. The molecule has 2 nitrogen and oxygen atoms in total. The molecule has 0 saturated carbocycles. The Balaban J connectivity index is 2.12. The van der Waals surface area contributed by atoms with E-state index in [-0.39, 0.29) is 5.60 Å². The van der Waals surface area contributed by atoms with Gasteiger partial charge in [-0.25, -0.2) is 0 Å². The standard InChI is InChI=1S/C14H18O2/c1-13-8-4-9-14(15,16-13)10-7-11-5-2-3-6-12(11)13/h2-3,5-6,15H,4,7-10H2,1H3/t13-,14+/m0/s1. The predicted octanol–water partition coefficient (Wildman–Crippen LogP) is 2.74. The molecule has 1 aromatic rings. The number of hydrogen-bond donors (Lipinski definition) is 1. The van der Waals surface area contributed by atoms with E-state index >= 15 is 0 Å². The van der Waals surface area contributed by atoms with Crippen molar-refractivity contribution >= 4 is 0 Å². The molecule has 1 fully saturated rings. The van der Waals surface area contributed by atoms with Gasteiger partial charge in [-0.2, -0.15) is 0 Å². The Morgan fingerprint density at radius 3 is 2.88 bits per heavy atom. The minimum atomic E-state index is -0.897. The smallest absolute Gasteiger partial charge is 0.166 e. The summed E-state index contributed by atoms with van der Waals surface area (Å²) in [4.78, 5) is 0. The second kappa shape index (κ2) is 3.31. The van der Waals surface area contributed by atoms with Gasteiger partial charge in [0.15, 0.2) is 5.79 Å². The molecule has 2 heterocycles. The molecule has 0 aliphatic carbocycles. The maximum absolute atomic E-state index is 10.4. The van der Waals surface area contributed by atoms with E-state index in [1.165, 1.54) is 11.1 Å². The first-order valence-electron chi connectivity index (χ1n) is 6.12. The highest BCUT2D eigenvalue weighted by Crippen LogP contribution is 2.46. The fraction of sp³-hybridized carbons (Fsp3) is 0.571.